The Morgan fingerprint density at radius 2 is 1.87 bits per heavy atom. The van der Waals surface area contributed by atoms with Gasteiger partial charge in [-0.05, 0) is 19.1 Å². The molecule has 1 N–H and O–H groups in total. The van der Waals surface area contributed by atoms with Gasteiger partial charge < -0.3 is 9.63 Å². The van der Waals surface area contributed by atoms with E-state index in [0.29, 0.717) is 11.3 Å². The summed E-state index contributed by atoms with van der Waals surface area (Å²) in [5.74, 6) is 0.159. The summed E-state index contributed by atoms with van der Waals surface area (Å²) in [6.45, 7) is 5.09. The van der Waals surface area contributed by atoms with E-state index in [1.807, 2.05) is 6.07 Å². The molecule has 0 spiro atoms. The largest absolute Gasteiger partial charge is 0.423 e. The van der Waals surface area contributed by atoms with E-state index in [2.05, 4.69) is 6.58 Å². The molecule has 80 valence electrons. The van der Waals surface area contributed by atoms with E-state index < -0.39 is 8.69 Å². The Bertz CT molecular complexity index is 335. The molecule has 0 bridgehead atoms. The molecule has 15 heavy (non-hydrogen) atoms. The van der Waals surface area contributed by atoms with Gasteiger partial charge in [0.25, 0.3) is 0 Å². The van der Waals surface area contributed by atoms with Gasteiger partial charge in [0.15, 0.2) is 0 Å². The molecule has 0 aliphatic carbocycles. The van der Waals surface area contributed by atoms with Crippen molar-refractivity contribution in [2.45, 2.75) is 6.92 Å². The van der Waals surface area contributed by atoms with Crippen LogP contribution in [0.25, 0.3) is 0 Å². The third-order valence-corrected chi connectivity index (χ3v) is 1.30. The van der Waals surface area contributed by atoms with Gasteiger partial charge in [0.2, 0.25) is 0 Å². The lowest BCUT2D eigenvalue weighted by Crippen LogP contribution is -2.07. The molecule has 0 saturated carbocycles. The third-order valence-electron chi connectivity index (χ3n) is 1.30. The van der Waals surface area contributed by atoms with Crippen LogP contribution in [-0.4, -0.2) is 10.9 Å². The molecule has 0 atom stereocenters. The van der Waals surface area contributed by atoms with Crippen LogP contribution in [0.15, 0.2) is 42.5 Å². The summed E-state index contributed by atoms with van der Waals surface area (Å²) in [4.78, 5) is 18.0. The molecule has 0 saturated heterocycles. The molecule has 0 unspecified atom stereocenters. The molecule has 0 fully saturated rings. The number of carbonyl (C=O) groups excluding carboxylic acids is 1. The Labute approximate surface area is 89.5 Å². The van der Waals surface area contributed by atoms with Crippen molar-refractivity contribution in [3.63, 3.8) is 0 Å². The molecule has 0 radical (unpaired) electrons. The predicted octanol–water partition coefficient (Wildman–Crippen LogP) is 2.35. The van der Waals surface area contributed by atoms with Crippen LogP contribution in [0, 0.1) is 0 Å². The van der Waals surface area contributed by atoms with Gasteiger partial charge in [-0.3, -0.25) is 0 Å². The number of benzene rings is 1. The van der Waals surface area contributed by atoms with Crippen LogP contribution >= 0.6 is 8.69 Å². The highest BCUT2D eigenvalue weighted by Crippen LogP contribution is 2.09. The summed E-state index contributed by atoms with van der Waals surface area (Å²) < 4.78 is 13.4. The van der Waals surface area contributed by atoms with Crippen molar-refractivity contribution < 1.29 is 19.0 Å². The average Bonchev–Trinajstić information content (AvgIpc) is 2.20. The summed E-state index contributed by atoms with van der Waals surface area (Å²) in [5.41, 5.74) is 0.402. The smallest absolute Gasteiger partial charge is 0.338 e. The van der Waals surface area contributed by atoms with Gasteiger partial charge in [-0.1, -0.05) is 24.8 Å². The summed E-state index contributed by atoms with van der Waals surface area (Å²) in [6.07, 6.45) is 0. The second-order valence-electron chi connectivity index (χ2n) is 2.56. The maximum atomic E-state index is 11.0. The highest BCUT2D eigenvalue weighted by molar-refractivity contribution is 7.16. The fourth-order valence-electron chi connectivity index (χ4n) is 0.683. The van der Waals surface area contributed by atoms with E-state index >= 15 is 0 Å². The van der Waals surface area contributed by atoms with Gasteiger partial charge in [-0.2, -0.15) is 0 Å². The Balaban J connectivity index is 0.000000583. The first-order chi connectivity index (χ1) is 7.11. The van der Waals surface area contributed by atoms with Crippen LogP contribution in [0.1, 0.15) is 6.92 Å². The molecule has 0 aliphatic rings. The fraction of sp³-hybridized carbons (Fsp3) is 0.100. The van der Waals surface area contributed by atoms with Crippen LogP contribution in [0.5, 0.6) is 5.75 Å². The van der Waals surface area contributed by atoms with Crippen LogP contribution in [0.3, 0.4) is 0 Å². The van der Waals surface area contributed by atoms with E-state index in [4.69, 9.17) is 14.2 Å². The Morgan fingerprint density at radius 1 is 1.40 bits per heavy atom. The maximum absolute atomic E-state index is 11.0. The monoisotopic (exact) mass is 226 g/mol. The molecular weight excluding hydrogens is 215 g/mol. The number of hydrogen-bond acceptors (Lipinski definition) is 3. The Hall–Kier alpha value is -1.51. The predicted molar refractivity (Wildman–Crippen MR) is 56.7 cm³/mol. The van der Waals surface area contributed by atoms with Gasteiger partial charge in [-0.25, -0.2) is 9.36 Å². The minimum atomic E-state index is -0.833. The summed E-state index contributed by atoms with van der Waals surface area (Å²) in [6, 6.07) is 8.92. The van der Waals surface area contributed by atoms with E-state index in [-0.39, 0.29) is 5.97 Å². The molecule has 0 amide bonds. The maximum Gasteiger partial charge on any atom is 0.338 e. The van der Waals surface area contributed by atoms with Crippen LogP contribution in [-0.2, 0) is 9.36 Å². The molecule has 1 aromatic rings. The van der Waals surface area contributed by atoms with Crippen molar-refractivity contribution in [2.75, 3.05) is 0 Å². The quantitative estimate of drug-likeness (QED) is 0.364. The second kappa shape index (κ2) is 7.85. The standard InChI is InChI=1S/C10H10O2.HO2P/c1-8(2)10(11)12-9-6-4-3-5-7-9;1-3-2/h3-7H,1H2,2H3;(H,1,2). The van der Waals surface area contributed by atoms with Gasteiger partial charge in [0.1, 0.15) is 5.75 Å². The first-order valence-corrected chi connectivity index (χ1v) is 4.77. The third kappa shape index (κ3) is 6.55. The van der Waals surface area contributed by atoms with Crippen molar-refractivity contribution in [1.82, 2.24) is 0 Å². The minimum absolute atomic E-state index is 0.388. The van der Waals surface area contributed by atoms with Crippen molar-refractivity contribution in [1.29, 1.82) is 0 Å². The number of esters is 1. The van der Waals surface area contributed by atoms with Gasteiger partial charge in [0.05, 0.1) is 0 Å². The van der Waals surface area contributed by atoms with Crippen molar-refractivity contribution in [3.05, 3.63) is 42.5 Å². The number of ether oxygens (including phenoxy) is 1. The van der Waals surface area contributed by atoms with Gasteiger partial charge in [-0.15, -0.1) is 0 Å². The number of para-hydroxylation sites is 1. The molecule has 4 nitrogen and oxygen atoms in total. The van der Waals surface area contributed by atoms with E-state index in [0.717, 1.165) is 0 Å². The molecule has 1 rings (SSSR count). The molecule has 0 aliphatic heterocycles. The fourth-order valence-corrected chi connectivity index (χ4v) is 0.683. The number of rotatable bonds is 2. The van der Waals surface area contributed by atoms with Gasteiger partial charge >= 0.3 is 14.7 Å². The van der Waals surface area contributed by atoms with Crippen LogP contribution < -0.4 is 4.74 Å². The lowest BCUT2D eigenvalue weighted by Gasteiger charge is -2.01. The SMILES string of the molecule is C=C(C)C(=O)Oc1ccccc1.O=PO. The molecule has 5 heteroatoms. The average molecular weight is 226 g/mol. The molecule has 0 aromatic heterocycles. The number of carbonyl (C=O) groups is 1. The second-order valence-corrected chi connectivity index (χ2v) is 2.73. The summed E-state index contributed by atoms with van der Waals surface area (Å²) in [5, 5.41) is 0. The summed E-state index contributed by atoms with van der Waals surface area (Å²) in [7, 11) is -0.833. The summed E-state index contributed by atoms with van der Waals surface area (Å²) >= 11 is 0. The van der Waals surface area contributed by atoms with E-state index in [9.17, 15) is 4.79 Å². The van der Waals surface area contributed by atoms with Crippen molar-refractivity contribution in [3.8, 4) is 5.75 Å². The lowest BCUT2D eigenvalue weighted by atomic mass is 10.3. The van der Waals surface area contributed by atoms with Crippen molar-refractivity contribution in [2.24, 2.45) is 0 Å². The topological polar surface area (TPSA) is 63.6 Å². The number of hydrogen-bond donors (Lipinski definition) is 1. The first-order valence-electron chi connectivity index (χ1n) is 4.01. The zero-order valence-corrected chi connectivity index (χ0v) is 9.11. The van der Waals surface area contributed by atoms with Gasteiger partial charge in [0, 0.05) is 5.57 Å². The molecular formula is C10H11O4P. The minimum Gasteiger partial charge on any atom is -0.423 e. The zero-order valence-electron chi connectivity index (χ0n) is 8.21. The van der Waals surface area contributed by atoms with Crippen LogP contribution in [0.4, 0.5) is 0 Å². The highest BCUT2D eigenvalue weighted by Gasteiger charge is 2.03. The van der Waals surface area contributed by atoms with E-state index in [1.54, 1.807) is 31.2 Å². The lowest BCUT2D eigenvalue weighted by molar-refractivity contribution is -0.130. The van der Waals surface area contributed by atoms with E-state index in [1.165, 1.54) is 0 Å². The Morgan fingerprint density at radius 3 is 2.27 bits per heavy atom. The van der Waals surface area contributed by atoms with Crippen molar-refractivity contribution >= 4 is 14.7 Å². The van der Waals surface area contributed by atoms with Crippen LogP contribution in [0.2, 0.25) is 0 Å². The normalized spacial score (nSPS) is 8.67. The first kappa shape index (κ1) is 13.5. The Kier molecular flexibility index (Phi) is 7.06. The highest BCUT2D eigenvalue weighted by atomic mass is 31.1. The molecule has 0 heterocycles. The molecule has 1 aromatic carbocycles. The zero-order chi connectivity index (χ0) is 11.7.